The molecule has 4 nitrogen and oxygen atoms in total. The van der Waals surface area contributed by atoms with Crippen molar-refractivity contribution in [3.8, 4) is 0 Å². The monoisotopic (exact) mass is 312 g/mol. The molecule has 0 heterocycles. The molecule has 1 aliphatic carbocycles. The number of benzene rings is 1. The molecule has 0 radical (unpaired) electrons. The molecule has 5 heteroatoms. The number of hydrogen-bond acceptors (Lipinski definition) is 3. The molecule has 1 fully saturated rings. The molecule has 0 aliphatic heterocycles. The van der Waals surface area contributed by atoms with E-state index >= 15 is 0 Å². The highest BCUT2D eigenvalue weighted by Gasteiger charge is 2.44. The van der Waals surface area contributed by atoms with E-state index in [1.807, 2.05) is 0 Å². The van der Waals surface area contributed by atoms with Crippen molar-refractivity contribution in [1.82, 2.24) is 5.32 Å². The maximum absolute atomic E-state index is 10.6. The Kier molecular flexibility index (Phi) is 3.73. The van der Waals surface area contributed by atoms with Gasteiger partial charge in [0.25, 0.3) is 5.69 Å². The van der Waals surface area contributed by atoms with E-state index < -0.39 is 0 Å². The van der Waals surface area contributed by atoms with Gasteiger partial charge in [0.1, 0.15) is 0 Å². The van der Waals surface area contributed by atoms with Crippen LogP contribution in [0.4, 0.5) is 5.69 Å². The Morgan fingerprint density at radius 3 is 2.72 bits per heavy atom. The lowest BCUT2D eigenvalue weighted by Crippen LogP contribution is -2.18. The second-order valence-electron chi connectivity index (χ2n) is 5.55. The number of nitro groups is 1. The first-order valence-corrected chi connectivity index (χ1v) is 6.83. The van der Waals surface area contributed by atoms with E-state index in [4.69, 9.17) is 0 Å². The molecule has 1 N–H and O–H groups in total. The second kappa shape index (κ2) is 4.97. The average Bonchev–Trinajstić information content (AvgIpc) is 2.88. The van der Waals surface area contributed by atoms with Crippen LogP contribution >= 0.6 is 15.9 Å². The van der Waals surface area contributed by atoms with Crippen molar-refractivity contribution in [2.45, 2.75) is 26.8 Å². The Hall–Kier alpha value is -0.940. The van der Waals surface area contributed by atoms with Crippen molar-refractivity contribution in [2.75, 3.05) is 6.54 Å². The topological polar surface area (TPSA) is 55.2 Å². The van der Waals surface area contributed by atoms with Crippen LogP contribution in [0.3, 0.4) is 0 Å². The van der Waals surface area contributed by atoms with Crippen molar-refractivity contribution < 1.29 is 4.92 Å². The Bertz CT molecular complexity index is 474. The normalized spacial score (nSPS) is 20.7. The van der Waals surface area contributed by atoms with E-state index in [2.05, 4.69) is 35.1 Å². The van der Waals surface area contributed by atoms with Crippen LogP contribution in [0, 0.1) is 21.4 Å². The molecule has 1 saturated carbocycles. The zero-order valence-electron chi connectivity index (χ0n) is 10.6. The van der Waals surface area contributed by atoms with Gasteiger partial charge in [-0.25, -0.2) is 0 Å². The van der Waals surface area contributed by atoms with E-state index in [1.165, 1.54) is 6.42 Å². The first-order chi connectivity index (χ1) is 8.40. The van der Waals surface area contributed by atoms with Gasteiger partial charge in [-0.1, -0.05) is 29.8 Å². The molecule has 0 bridgehead atoms. The molecule has 18 heavy (non-hydrogen) atoms. The van der Waals surface area contributed by atoms with Crippen molar-refractivity contribution in [1.29, 1.82) is 0 Å². The van der Waals surface area contributed by atoms with E-state index in [1.54, 1.807) is 18.2 Å². The summed E-state index contributed by atoms with van der Waals surface area (Å²) in [7, 11) is 0. The second-order valence-corrected chi connectivity index (χ2v) is 6.41. The van der Waals surface area contributed by atoms with Crippen molar-refractivity contribution in [2.24, 2.45) is 11.3 Å². The van der Waals surface area contributed by atoms with E-state index in [0.29, 0.717) is 5.41 Å². The molecular weight excluding hydrogens is 296 g/mol. The molecule has 2 rings (SSSR count). The van der Waals surface area contributed by atoms with Gasteiger partial charge in [-0.05, 0) is 35.9 Å². The summed E-state index contributed by atoms with van der Waals surface area (Å²) in [5.41, 5.74) is 1.66. The maximum Gasteiger partial charge on any atom is 0.270 e. The maximum atomic E-state index is 10.6. The third kappa shape index (κ3) is 3.09. The van der Waals surface area contributed by atoms with E-state index in [0.717, 1.165) is 29.0 Å². The molecule has 0 aromatic heterocycles. The van der Waals surface area contributed by atoms with Gasteiger partial charge >= 0.3 is 0 Å². The smallest absolute Gasteiger partial charge is 0.270 e. The van der Waals surface area contributed by atoms with Crippen LogP contribution in [0.5, 0.6) is 0 Å². The van der Waals surface area contributed by atoms with Gasteiger partial charge in [-0.2, -0.15) is 0 Å². The average molecular weight is 313 g/mol. The van der Waals surface area contributed by atoms with Crippen LogP contribution in [0.1, 0.15) is 25.8 Å². The fourth-order valence-electron chi connectivity index (χ4n) is 2.10. The van der Waals surface area contributed by atoms with Gasteiger partial charge in [0.15, 0.2) is 0 Å². The quantitative estimate of drug-likeness (QED) is 0.669. The minimum Gasteiger partial charge on any atom is -0.312 e. The predicted octanol–water partition coefficient (Wildman–Crippen LogP) is 3.49. The first-order valence-electron chi connectivity index (χ1n) is 6.04. The SMILES string of the molecule is CC1(C)CC1CNCc1ccc([N+](=O)[O-])cc1Br. The molecular formula is C13H17BrN2O2. The third-order valence-corrected chi connectivity index (χ3v) is 4.41. The lowest BCUT2D eigenvalue weighted by atomic mass is 10.1. The van der Waals surface area contributed by atoms with Crippen LogP contribution in [0.2, 0.25) is 0 Å². The summed E-state index contributed by atoms with van der Waals surface area (Å²) < 4.78 is 0.791. The zero-order chi connectivity index (χ0) is 13.3. The highest BCUT2D eigenvalue weighted by molar-refractivity contribution is 9.10. The van der Waals surface area contributed by atoms with Crippen molar-refractivity contribution in [3.05, 3.63) is 38.3 Å². The largest absolute Gasteiger partial charge is 0.312 e. The van der Waals surface area contributed by atoms with Gasteiger partial charge in [0.05, 0.1) is 4.92 Å². The van der Waals surface area contributed by atoms with Crippen molar-refractivity contribution >= 4 is 21.6 Å². The number of nitrogens with one attached hydrogen (secondary N) is 1. The molecule has 0 amide bonds. The molecule has 0 spiro atoms. The minimum absolute atomic E-state index is 0.119. The first kappa shape index (κ1) is 13.5. The number of halogens is 1. The summed E-state index contributed by atoms with van der Waals surface area (Å²) in [5.74, 6) is 0.759. The van der Waals surface area contributed by atoms with Crippen LogP contribution in [-0.2, 0) is 6.54 Å². The summed E-state index contributed by atoms with van der Waals surface area (Å²) in [6, 6.07) is 4.90. The van der Waals surface area contributed by atoms with Gasteiger partial charge in [-0.3, -0.25) is 10.1 Å². The Labute approximate surface area is 115 Å². The highest BCUT2D eigenvalue weighted by Crippen LogP contribution is 2.51. The molecule has 98 valence electrons. The number of rotatable bonds is 5. The van der Waals surface area contributed by atoms with Crippen LogP contribution < -0.4 is 5.32 Å². The lowest BCUT2D eigenvalue weighted by molar-refractivity contribution is -0.384. The highest BCUT2D eigenvalue weighted by atomic mass is 79.9. The Morgan fingerprint density at radius 1 is 1.56 bits per heavy atom. The van der Waals surface area contributed by atoms with Gasteiger partial charge in [-0.15, -0.1) is 0 Å². The summed E-state index contributed by atoms with van der Waals surface area (Å²) in [6.45, 7) is 6.31. The van der Waals surface area contributed by atoms with Crippen LogP contribution in [0.15, 0.2) is 22.7 Å². The van der Waals surface area contributed by atoms with Gasteiger partial charge in [0, 0.05) is 23.2 Å². The van der Waals surface area contributed by atoms with Crippen LogP contribution in [0.25, 0.3) is 0 Å². The number of nitro benzene ring substituents is 1. The molecule has 1 atom stereocenters. The van der Waals surface area contributed by atoms with Gasteiger partial charge in [0.2, 0.25) is 0 Å². The fourth-order valence-corrected chi connectivity index (χ4v) is 2.61. The van der Waals surface area contributed by atoms with Gasteiger partial charge < -0.3 is 5.32 Å². The standard InChI is InChI=1S/C13H17BrN2O2/c1-13(2)6-10(13)8-15-7-9-3-4-11(16(17)18)5-12(9)14/h3-5,10,15H,6-8H2,1-2H3. The Morgan fingerprint density at radius 2 is 2.22 bits per heavy atom. The predicted molar refractivity (Wildman–Crippen MR) is 74.4 cm³/mol. The summed E-state index contributed by atoms with van der Waals surface area (Å²) >= 11 is 3.38. The Balaban J connectivity index is 1.88. The zero-order valence-corrected chi connectivity index (χ0v) is 12.2. The minimum atomic E-state index is -0.380. The number of nitrogens with zero attached hydrogens (tertiary/aromatic N) is 1. The molecule has 1 aromatic carbocycles. The molecule has 1 aromatic rings. The summed E-state index contributed by atoms with van der Waals surface area (Å²) in [6.07, 6.45) is 1.28. The fraction of sp³-hybridized carbons (Fsp3) is 0.538. The van der Waals surface area contributed by atoms with Crippen LogP contribution in [-0.4, -0.2) is 11.5 Å². The third-order valence-electron chi connectivity index (χ3n) is 3.67. The molecule has 0 saturated heterocycles. The summed E-state index contributed by atoms with van der Waals surface area (Å²) in [4.78, 5) is 10.2. The number of non-ortho nitro benzene ring substituents is 1. The van der Waals surface area contributed by atoms with E-state index in [9.17, 15) is 10.1 Å². The summed E-state index contributed by atoms with van der Waals surface area (Å²) in [5, 5.41) is 14.0. The number of hydrogen-bond donors (Lipinski definition) is 1. The lowest BCUT2D eigenvalue weighted by Gasteiger charge is -2.08. The molecule has 1 aliphatic rings. The molecule has 1 unspecified atom stereocenters. The van der Waals surface area contributed by atoms with Crippen molar-refractivity contribution in [3.63, 3.8) is 0 Å². The van der Waals surface area contributed by atoms with E-state index in [-0.39, 0.29) is 10.6 Å².